The van der Waals surface area contributed by atoms with Crippen molar-refractivity contribution in [2.45, 2.75) is 13.8 Å². The predicted octanol–water partition coefficient (Wildman–Crippen LogP) is 1.66. The molecule has 1 heteroatoms. The molecule has 0 aromatic heterocycles. The fourth-order valence-corrected chi connectivity index (χ4v) is 1.04. The van der Waals surface area contributed by atoms with E-state index in [9.17, 15) is 0 Å². The van der Waals surface area contributed by atoms with Crippen LogP contribution in [0.2, 0.25) is 0 Å². The minimum absolute atomic E-state index is 1.14. The Kier molecular flexibility index (Phi) is 3.99. The van der Waals surface area contributed by atoms with Crippen molar-refractivity contribution >= 4 is 3.90 Å². The van der Waals surface area contributed by atoms with Crippen molar-refractivity contribution < 1.29 is 19.4 Å². The topological polar surface area (TPSA) is 0 Å². The van der Waals surface area contributed by atoms with Crippen LogP contribution in [0.3, 0.4) is 0 Å². The average Bonchev–Trinajstić information content (AvgIpc) is 1.65. The average molecular weight is 277 g/mol. The van der Waals surface area contributed by atoms with Crippen molar-refractivity contribution in [1.82, 2.24) is 0 Å². The first-order valence-corrected chi connectivity index (χ1v) is 3.87. The molecule has 0 heterocycles. The molecule has 0 aromatic carbocycles. The van der Waals surface area contributed by atoms with Gasteiger partial charge in [0.25, 0.3) is 0 Å². The molecule has 0 aliphatic rings. The zero-order chi connectivity index (χ0) is 6.57. The van der Waals surface area contributed by atoms with Crippen LogP contribution in [0, 0.1) is 6.58 Å². The maximum absolute atomic E-state index is 5.22. The van der Waals surface area contributed by atoms with Crippen molar-refractivity contribution in [3.05, 3.63) is 24.3 Å². The molecule has 0 atom stereocenters. The second kappa shape index (κ2) is 3.97. The van der Waals surface area contributed by atoms with Crippen LogP contribution in [0.4, 0.5) is 0 Å². The van der Waals surface area contributed by atoms with Crippen LogP contribution < -0.4 is 0 Å². The predicted molar refractivity (Wildman–Crippen MR) is 33.3 cm³/mol. The summed E-state index contributed by atoms with van der Waals surface area (Å²) in [6, 6.07) is 0. The first-order valence-electron chi connectivity index (χ1n) is 2.40. The standard InChI is InChI=1S/C7H9.W/c1-4-6-7(3)5-2;/h2,5-6H,1,3H3;/q-1;. The number of allylic oxidation sites excluding steroid dienone is 3. The summed E-state index contributed by atoms with van der Waals surface area (Å²) in [6.45, 7) is 9.30. The van der Waals surface area contributed by atoms with Gasteiger partial charge in [0.1, 0.15) is 0 Å². The second-order valence-corrected chi connectivity index (χ2v) is 3.98. The van der Waals surface area contributed by atoms with E-state index >= 15 is 0 Å². The van der Waals surface area contributed by atoms with Gasteiger partial charge < -0.3 is 0 Å². The Morgan fingerprint density at radius 1 is 1.50 bits per heavy atom. The summed E-state index contributed by atoms with van der Waals surface area (Å²) >= 11 is 1.50. The molecule has 0 unspecified atom stereocenters. The number of rotatable bonds is 2. The molecular weight excluding hydrogens is 268 g/mol. The van der Waals surface area contributed by atoms with Gasteiger partial charge in [0.05, 0.1) is 0 Å². The summed E-state index contributed by atoms with van der Waals surface area (Å²) in [5.74, 6) is 0. The molecule has 0 aromatic rings. The molecule has 0 aliphatic heterocycles. The molecule has 0 nitrogen and oxygen atoms in total. The third-order valence-electron chi connectivity index (χ3n) is 0.694. The molecule has 44 valence electrons. The van der Waals surface area contributed by atoms with Crippen LogP contribution in [-0.2, 0) is 19.4 Å². The van der Waals surface area contributed by atoms with Crippen LogP contribution in [0.5, 0.6) is 0 Å². The van der Waals surface area contributed by atoms with Gasteiger partial charge in [0.15, 0.2) is 0 Å². The molecule has 0 saturated heterocycles. The fraction of sp³-hybridized carbons (Fsp3) is 0.286. The van der Waals surface area contributed by atoms with E-state index in [1.807, 2.05) is 6.92 Å². The van der Waals surface area contributed by atoms with Gasteiger partial charge in [-0.25, -0.2) is 0 Å². The van der Waals surface area contributed by atoms with Gasteiger partial charge in [-0.15, -0.1) is 0 Å². The summed E-state index contributed by atoms with van der Waals surface area (Å²) in [6.07, 6.45) is 3.70. The van der Waals surface area contributed by atoms with Crippen molar-refractivity contribution in [3.8, 4) is 0 Å². The Hall–Kier alpha value is 0.0383. The molecule has 8 heavy (non-hydrogen) atoms. The zero-order valence-corrected chi connectivity index (χ0v) is 8.07. The van der Waals surface area contributed by atoms with E-state index in [1.165, 1.54) is 23.3 Å². The van der Waals surface area contributed by atoms with Crippen molar-refractivity contribution in [2.75, 3.05) is 0 Å². The van der Waals surface area contributed by atoms with Crippen molar-refractivity contribution in [3.63, 3.8) is 0 Å². The zero-order valence-electron chi connectivity index (χ0n) is 5.14. The maximum atomic E-state index is 5.22. The molecule has 0 saturated carbocycles. The molecule has 0 amide bonds. The Labute approximate surface area is 61.7 Å². The van der Waals surface area contributed by atoms with E-state index in [-0.39, 0.29) is 0 Å². The first-order chi connectivity index (χ1) is 3.66. The van der Waals surface area contributed by atoms with E-state index in [1.54, 1.807) is 6.08 Å². The van der Waals surface area contributed by atoms with Crippen LogP contribution in [0.25, 0.3) is 0 Å². The van der Waals surface area contributed by atoms with E-state index in [0.29, 0.717) is 0 Å². The molecule has 0 N–H and O–H groups in total. The summed E-state index contributed by atoms with van der Waals surface area (Å²) in [4.78, 5) is 0. The Balaban J connectivity index is 3.94. The van der Waals surface area contributed by atoms with Gasteiger partial charge in [-0.3, -0.25) is 0 Å². The van der Waals surface area contributed by atoms with Crippen LogP contribution in [-0.4, -0.2) is 3.90 Å². The van der Waals surface area contributed by atoms with Gasteiger partial charge in [-0.05, 0) is 0 Å². The van der Waals surface area contributed by atoms with Gasteiger partial charge in [-0.1, -0.05) is 0 Å². The van der Waals surface area contributed by atoms with E-state index in [2.05, 4.69) is 13.0 Å². The van der Waals surface area contributed by atoms with E-state index < -0.39 is 0 Å². The minimum atomic E-state index is 1.14. The Morgan fingerprint density at radius 2 is 2.00 bits per heavy atom. The number of hydrogen-bond donors (Lipinski definition) is 0. The van der Waals surface area contributed by atoms with Crippen LogP contribution in [0.15, 0.2) is 17.7 Å². The van der Waals surface area contributed by atoms with Gasteiger partial charge in [-0.2, -0.15) is 0 Å². The van der Waals surface area contributed by atoms with Crippen molar-refractivity contribution in [1.29, 1.82) is 0 Å². The summed E-state index contributed by atoms with van der Waals surface area (Å²) in [7, 11) is 0. The van der Waals surface area contributed by atoms with Crippen molar-refractivity contribution in [2.24, 2.45) is 0 Å². The number of hydrogen-bond acceptors (Lipinski definition) is 0. The van der Waals surface area contributed by atoms with E-state index in [0.717, 1.165) is 5.57 Å². The second-order valence-electron chi connectivity index (χ2n) is 1.67. The first kappa shape index (κ1) is 8.04. The fourth-order valence-electron chi connectivity index (χ4n) is 0.369. The van der Waals surface area contributed by atoms with Crippen LogP contribution in [0.1, 0.15) is 13.8 Å². The third kappa shape index (κ3) is 4.20. The Morgan fingerprint density at radius 3 is 2.12 bits per heavy atom. The van der Waals surface area contributed by atoms with Gasteiger partial charge in [0.2, 0.25) is 0 Å². The monoisotopic (exact) mass is 277 g/mol. The molecule has 0 rings (SSSR count). The SMILES string of the molecule is [CH-]=CC(C)=C[C](C)=[W]. The van der Waals surface area contributed by atoms with Gasteiger partial charge >= 0.3 is 61.4 Å². The molecule has 0 bridgehead atoms. The molecular formula is C7H9W-. The molecule has 0 spiro atoms. The third-order valence-corrected chi connectivity index (χ3v) is 1.12. The summed E-state index contributed by atoms with van der Waals surface area (Å²) in [5.41, 5.74) is 1.14. The summed E-state index contributed by atoms with van der Waals surface area (Å²) in [5, 5.41) is 0. The molecule has 0 fully saturated rings. The Bertz CT molecular complexity index is 131. The van der Waals surface area contributed by atoms with Gasteiger partial charge in [0, 0.05) is 0 Å². The molecule has 0 aliphatic carbocycles. The van der Waals surface area contributed by atoms with Crippen LogP contribution >= 0.6 is 0 Å². The van der Waals surface area contributed by atoms with E-state index in [4.69, 9.17) is 6.58 Å². The quantitative estimate of drug-likeness (QED) is 0.532. The summed E-state index contributed by atoms with van der Waals surface area (Å²) < 4.78 is 1.37. The normalized spacial score (nSPS) is 11.0. The molecule has 0 radical (unpaired) electrons.